The molecule has 2 aromatic rings. The van der Waals surface area contributed by atoms with Gasteiger partial charge in [0.2, 0.25) is 10.0 Å². The summed E-state index contributed by atoms with van der Waals surface area (Å²) in [6, 6.07) is 6.59. The van der Waals surface area contributed by atoms with Crippen molar-refractivity contribution in [2.24, 2.45) is 7.05 Å². The molecule has 0 spiro atoms. The van der Waals surface area contributed by atoms with E-state index in [2.05, 4.69) is 20.5 Å². The zero-order valence-electron chi connectivity index (χ0n) is 12.9. The van der Waals surface area contributed by atoms with Gasteiger partial charge >= 0.3 is 6.03 Å². The minimum Gasteiger partial charge on any atom is -0.334 e. The van der Waals surface area contributed by atoms with E-state index in [0.29, 0.717) is 12.2 Å². The van der Waals surface area contributed by atoms with Gasteiger partial charge in [-0.1, -0.05) is 12.1 Å². The Labute approximate surface area is 134 Å². The lowest BCUT2D eigenvalue weighted by Gasteiger charge is -2.08. The van der Waals surface area contributed by atoms with E-state index in [4.69, 9.17) is 0 Å². The number of benzene rings is 1. The summed E-state index contributed by atoms with van der Waals surface area (Å²) in [4.78, 5) is 11.8. The third kappa shape index (κ3) is 6.09. The van der Waals surface area contributed by atoms with Crippen LogP contribution in [0, 0.1) is 0 Å². The highest BCUT2D eigenvalue weighted by atomic mass is 32.2. The van der Waals surface area contributed by atoms with Gasteiger partial charge in [0.15, 0.2) is 0 Å². The summed E-state index contributed by atoms with van der Waals surface area (Å²) in [5.41, 5.74) is 2.33. The molecule has 0 radical (unpaired) electrons. The maximum atomic E-state index is 11.8. The summed E-state index contributed by atoms with van der Waals surface area (Å²) in [7, 11) is -1.41. The summed E-state index contributed by atoms with van der Waals surface area (Å²) in [5, 5.41) is 9.45. The lowest BCUT2D eigenvalue weighted by atomic mass is 10.2. The van der Waals surface area contributed by atoms with Crippen molar-refractivity contribution in [2.75, 3.05) is 11.6 Å². The van der Waals surface area contributed by atoms with E-state index in [1.165, 1.54) is 0 Å². The van der Waals surface area contributed by atoms with Crippen molar-refractivity contribution in [3.8, 4) is 0 Å². The molecule has 9 heteroatoms. The molecule has 0 saturated heterocycles. The van der Waals surface area contributed by atoms with Crippen LogP contribution in [0.3, 0.4) is 0 Å². The number of urea groups is 1. The quantitative estimate of drug-likeness (QED) is 0.725. The van der Waals surface area contributed by atoms with Gasteiger partial charge in [0, 0.05) is 37.6 Å². The van der Waals surface area contributed by atoms with E-state index in [9.17, 15) is 13.2 Å². The molecule has 124 valence electrons. The highest BCUT2D eigenvalue weighted by Gasteiger charge is 2.04. The molecule has 0 fully saturated rings. The highest BCUT2D eigenvalue weighted by Crippen LogP contribution is 2.09. The second-order valence-corrected chi connectivity index (χ2v) is 6.95. The van der Waals surface area contributed by atoms with Crippen LogP contribution < -0.4 is 15.4 Å². The molecule has 0 unspecified atom stereocenters. The molecular formula is C14H19N5O3S. The van der Waals surface area contributed by atoms with Crippen LogP contribution in [0.15, 0.2) is 36.7 Å². The second-order valence-electron chi connectivity index (χ2n) is 5.12. The molecule has 23 heavy (non-hydrogen) atoms. The molecule has 2 rings (SSSR count). The van der Waals surface area contributed by atoms with Crippen molar-refractivity contribution in [3.63, 3.8) is 0 Å². The topological polar surface area (TPSA) is 105 Å². The van der Waals surface area contributed by atoms with Crippen molar-refractivity contribution in [1.29, 1.82) is 0 Å². The van der Waals surface area contributed by atoms with Gasteiger partial charge in [0.05, 0.1) is 12.5 Å². The predicted molar refractivity (Wildman–Crippen MR) is 87.2 cm³/mol. The van der Waals surface area contributed by atoms with Crippen LogP contribution in [0.25, 0.3) is 0 Å². The van der Waals surface area contributed by atoms with E-state index < -0.39 is 10.0 Å². The van der Waals surface area contributed by atoms with E-state index in [0.717, 1.165) is 17.4 Å². The molecule has 0 aliphatic carbocycles. The van der Waals surface area contributed by atoms with Gasteiger partial charge in [-0.05, 0) is 17.7 Å². The number of nitrogens with one attached hydrogen (secondary N) is 3. The minimum absolute atomic E-state index is 0.215. The molecule has 0 aliphatic heterocycles. The first-order chi connectivity index (χ1) is 10.8. The Kier molecular flexibility index (Phi) is 5.35. The number of carbonyl (C=O) groups excluding carboxylic acids is 1. The normalized spacial score (nSPS) is 11.2. The van der Waals surface area contributed by atoms with Gasteiger partial charge in [-0.15, -0.1) is 0 Å². The lowest BCUT2D eigenvalue weighted by Crippen LogP contribution is -2.28. The van der Waals surface area contributed by atoms with Gasteiger partial charge in [-0.2, -0.15) is 5.10 Å². The first-order valence-electron chi connectivity index (χ1n) is 6.88. The number of anilines is 1. The zero-order valence-corrected chi connectivity index (χ0v) is 13.7. The summed E-state index contributed by atoms with van der Waals surface area (Å²) in [6.07, 6.45) is 4.61. The van der Waals surface area contributed by atoms with Crippen molar-refractivity contribution < 1.29 is 13.2 Å². The van der Waals surface area contributed by atoms with E-state index in [1.807, 2.05) is 13.2 Å². The van der Waals surface area contributed by atoms with Gasteiger partial charge < -0.3 is 10.6 Å². The monoisotopic (exact) mass is 337 g/mol. The molecule has 8 nitrogen and oxygen atoms in total. The van der Waals surface area contributed by atoms with E-state index in [-0.39, 0.29) is 12.6 Å². The average molecular weight is 337 g/mol. The van der Waals surface area contributed by atoms with Crippen LogP contribution in [-0.4, -0.2) is 30.5 Å². The number of amides is 2. The smallest absolute Gasteiger partial charge is 0.319 e. The fourth-order valence-corrected chi connectivity index (χ4v) is 2.27. The van der Waals surface area contributed by atoms with Crippen LogP contribution in [0.4, 0.5) is 10.5 Å². The van der Waals surface area contributed by atoms with Crippen molar-refractivity contribution in [3.05, 3.63) is 47.8 Å². The third-order valence-electron chi connectivity index (χ3n) is 2.96. The molecule has 1 heterocycles. The van der Waals surface area contributed by atoms with E-state index in [1.54, 1.807) is 35.1 Å². The Bertz CT molecular complexity index is 768. The number of sulfonamides is 1. The molecule has 3 N–H and O–H groups in total. The third-order valence-corrected chi connectivity index (χ3v) is 3.63. The standard InChI is InChI=1S/C14H19N5O3S/c1-19-10-12(8-16-19)7-15-14(20)18-13-5-3-11(4-6-13)9-17-23(2,21)22/h3-6,8,10,17H,7,9H2,1-2H3,(H2,15,18,20). The zero-order chi connectivity index (χ0) is 16.9. The van der Waals surface area contributed by atoms with Gasteiger partial charge in [0.25, 0.3) is 0 Å². The van der Waals surface area contributed by atoms with Crippen LogP contribution in [0.1, 0.15) is 11.1 Å². The number of aryl methyl sites for hydroxylation is 1. The van der Waals surface area contributed by atoms with Gasteiger partial charge in [0.1, 0.15) is 0 Å². The molecule has 0 bridgehead atoms. The van der Waals surface area contributed by atoms with Crippen LogP contribution in [-0.2, 0) is 30.2 Å². The number of hydrogen-bond donors (Lipinski definition) is 3. The molecule has 2 amide bonds. The Balaban J connectivity index is 1.81. The number of nitrogens with zero attached hydrogens (tertiary/aromatic N) is 2. The number of hydrogen-bond acceptors (Lipinski definition) is 4. The highest BCUT2D eigenvalue weighted by molar-refractivity contribution is 7.88. The molecule has 0 atom stereocenters. The Hall–Kier alpha value is -2.39. The fourth-order valence-electron chi connectivity index (χ4n) is 1.84. The summed E-state index contributed by atoms with van der Waals surface area (Å²) >= 11 is 0. The first-order valence-corrected chi connectivity index (χ1v) is 8.77. The van der Waals surface area contributed by atoms with Crippen molar-refractivity contribution in [2.45, 2.75) is 13.1 Å². The minimum atomic E-state index is -3.22. The van der Waals surface area contributed by atoms with Crippen LogP contribution in [0.2, 0.25) is 0 Å². The lowest BCUT2D eigenvalue weighted by molar-refractivity contribution is 0.251. The number of aromatic nitrogens is 2. The first kappa shape index (κ1) is 17.0. The number of carbonyl (C=O) groups is 1. The maximum absolute atomic E-state index is 11.8. The van der Waals surface area contributed by atoms with Crippen molar-refractivity contribution in [1.82, 2.24) is 19.8 Å². The average Bonchev–Trinajstić information content (AvgIpc) is 2.89. The number of rotatable bonds is 6. The fraction of sp³-hybridized carbons (Fsp3) is 0.286. The Morgan fingerprint density at radius 2 is 1.87 bits per heavy atom. The van der Waals surface area contributed by atoms with Gasteiger partial charge in [-0.25, -0.2) is 17.9 Å². The SMILES string of the molecule is Cn1cc(CNC(=O)Nc2ccc(CNS(C)(=O)=O)cc2)cn1. The molecule has 1 aromatic carbocycles. The largest absolute Gasteiger partial charge is 0.334 e. The van der Waals surface area contributed by atoms with Crippen LogP contribution in [0.5, 0.6) is 0 Å². The van der Waals surface area contributed by atoms with Gasteiger partial charge in [-0.3, -0.25) is 4.68 Å². The van der Waals surface area contributed by atoms with Crippen molar-refractivity contribution >= 4 is 21.7 Å². The van der Waals surface area contributed by atoms with E-state index >= 15 is 0 Å². The summed E-state index contributed by atoms with van der Waals surface area (Å²) in [6.45, 7) is 0.600. The molecular weight excluding hydrogens is 318 g/mol. The second kappa shape index (κ2) is 7.25. The molecule has 1 aromatic heterocycles. The summed E-state index contributed by atoms with van der Waals surface area (Å²) < 4.78 is 26.1. The molecule has 0 saturated carbocycles. The predicted octanol–water partition coefficient (Wildman–Crippen LogP) is 0.791. The molecule has 0 aliphatic rings. The maximum Gasteiger partial charge on any atom is 0.319 e. The Morgan fingerprint density at radius 3 is 2.43 bits per heavy atom. The summed E-state index contributed by atoms with van der Waals surface area (Å²) in [5.74, 6) is 0. The van der Waals surface area contributed by atoms with Crippen LogP contribution >= 0.6 is 0 Å². The Morgan fingerprint density at radius 1 is 1.17 bits per heavy atom.